The van der Waals surface area contributed by atoms with Crippen molar-refractivity contribution in [3.8, 4) is 5.75 Å². The Morgan fingerprint density at radius 3 is 2.24 bits per heavy atom. The zero-order chi connectivity index (χ0) is 29.0. The van der Waals surface area contributed by atoms with E-state index in [-0.39, 0.29) is 23.4 Å². The minimum Gasteiger partial charge on any atom is -0.488 e. The molecule has 4 aliphatic carbocycles. The summed E-state index contributed by atoms with van der Waals surface area (Å²) in [6, 6.07) is 18.7. The first-order valence-corrected chi connectivity index (χ1v) is 15.5. The van der Waals surface area contributed by atoms with Crippen LogP contribution in [0.2, 0.25) is 0 Å². The summed E-state index contributed by atoms with van der Waals surface area (Å²) in [5, 5.41) is 2.32. The van der Waals surface area contributed by atoms with Gasteiger partial charge in [-0.05, 0) is 132 Å². The summed E-state index contributed by atoms with van der Waals surface area (Å²) in [6.45, 7) is 0.0722. The first kappa shape index (κ1) is 27.3. The minimum absolute atomic E-state index is 0.0722. The number of ether oxygens (including phenoxy) is 1. The average molecular weight is 677 g/mol. The maximum absolute atomic E-state index is 14.0. The standard InChI is InChI=1S/C34H30FIN2O4/c35-28-4-2-1-3-24(28)19-42-30-10-5-20(15-29(30)36)14-27-31(39)37-33(41)38(32(27)40)26-8-6-25(7-9-26)34-16-21-11-22(17-34)13-23(12-21)18-34/h1-10,14-15,21-23H,11-13,16-19H2,(H,37,39,41)/b27-14+. The van der Waals surface area contributed by atoms with E-state index in [9.17, 15) is 18.8 Å². The van der Waals surface area contributed by atoms with E-state index in [0.717, 1.165) is 26.2 Å². The van der Waals surface area contributed by atoms with Crippen molar-refractivity contribution in [2.24, 2.45) is 17.8 Å². The smallest absolute Gasteiger partial charge is 0.335 e. The molecule has 1 N–H and O–H groups in total. The highest BCUT2D eigenvalue weighted by Crippen LogP contribution is 2.60. The molecule has 8 heteroatoms. The molecule has 1 heterocycles. The Labute approximate surface area is 257 Å². The fraction of sp³-hybridized carbons (Fsp3) is 0.324. The SMILES string of the molecule is O=C1NC(=O)N(c2ccc(C34CC5CC(CC(C5)C3)C4)cc2)C(=O)/C1=C/c1ccc(OCc2ccccc2F)c(I)c1. The predicted molar refractivity (Wildman–Crippen MR) is 165 cm³/mol. The number of carbonyl (C=O) groups is 3. The average Bonchev–Trinajstić information content (AvgIpc) is 2.95. The Kier molecular flexibility index (Phi) is 6.91. The number of urea groups is 1. The molecule has 4 saturated carbocycles. The van der Waals surface area contributed by atoms with Crippen LogP contribution < -0.4 is 15.0 Å². The number of carbonyl (C=O) groups excluding carboxylic acids is 3. The molecule has 0 spiro atoms. The molecule has 4 amide bonds. The molecule has 3 aromatic rings. The third kappa shape index (κ3) is 4.93. The van der Waals surface area contributed by atoms with Crippen molar-refractivity contribution in [3.63, 3.8) is 0 Å². The van der Waals surface area contributed by atoms with E-state index >= 15 is 0 Å². The number of anilines is 1. The van der Waals surface area contributed by atoms with Crippen LogP contribution in [0.1, 0.15) is 55.2 Å². The summed E-state index contributed by atoms with van der Waals surface area (Å²) in [4.78, 5) is 40.1. The maximum Gasteiger partial charge on any atom is 0.335 e. The van der Waals surface area contributed by atoms with E-state index in [1.807, 2.05) is 12.1 Å². The van der Waals surface area contributed by atoms with Crippen molar-refractivity contribution in [2.75, 3.05) is 4.90 Å². The Morgan fingerprint density at radius 2 is 1.60 bits per heavy atom. The molecule has 0 radical (unpaired) electrons. The van der Waals surface area contributed by atoms with Gasteiger partial charge in [0.2, 0.25) is 0 Å². The van der Waals surface area contributed by atoms with E-state index < -0.39 is 17.8 Å². The molecule has 0 unspecified atom stereocenters. The lowest BCUT2D eigenvalue weighted by Gasteiger charge is -2.57. The number of imide groups is 2. The minimum atomic E-state index is -0.754. The molecule has 3 aromatic carbocycles. The van der Waals surface area contributed by atoms with Gasteiger partial charge in [-0.1, -0.05) is 36.4 Å². The molecule has 8 rings (SSSR count). The van der Waals surface area contributed by atoms with Crippen LogP contribution >= 0.6 is 22.6 Å². The maximum atomic E-state index is 14.0. The van der Waals surface area contributed by atoms with Crippen LogP contribution in [0, 0.1) is 27.1 Å². The molecule has 4 bridgehead atoms. The lowest BCUT2D eigenvalue weighted by atomic mass is 9.48. The molecule has 0 atom stereocenters. The molecule has 1 saturated heterocycles. The molecular formula is C34H30FIN2O4. The van der Waals surface area contributed by atoms with Gasteiger partial charge in [-0.15, -0.1) is 0 Å². The highest BCUT2D eigenvalue weighted by Gasteiger charge is 2.51. The van der Waals surface area contributed by atoms with E-state index in [1.165, 1.54) is 56.2 Å². The zero-order valence-electron chi connectivity index (χ0n) is 22.9. The van der Waals surface area contributed by atoms with Crippen molar-refractivity contribution >= 4 is 52.2 Å². The Bertz CT molecular complexity index is 1600. The van der Waals surface area contributed by atoms with Crippen LogP contribution in [0.3, 0.4) is 0 Å². The number of halogens is 2. The van der Waals surface area contributed by atoms with E-state index in [0.29, 0.717) is 22.6 Å². The number of benzene rings is 3. The van der Waals surface area contributed by atoms with Gasteiger partial charge in [0.1, 0.15) is 23.7 Å². The largest absolute Gasteiger partial charge is 0.488 e. The molecular weight excluding hydrogens is 646 g/mol. The second-order valence-electron chi connectivity index (χ2n) is 12.3. The lowest BCUT2D eigenvalue weighted by molar-refractivity contribution is -0.122. The predicted octanol–water partition coefficient (Wildman–Crippen LogP) is 7.14. The van der Waals surface area contributed by atoms with E-state index in [4.69, 9.17) is 4.74 Å². The van der Waals surface area contributed by atoms with Crippen molar-refractivity contribution in [1.82, 2.24) is 5.32 Å². The number of rotatable bonds is 6. The zero-order valence-corrected chi connectivity index (χ0v) is 25.1. The number of amides is 4. The first-order valence-electron chi connectivity index (χ1n) is 14.5. The van der Waals surface area contributed by atoms with Crippen molar-refractivity contribution in [3.05, 3.63) is 98.4 Å². The molecule has 1 aliphatic heterocycles. The van der Waals surface area contributed by atoms with Crippen LogP contribution in [-0.2, 0) is 21.6 Å². The van der Waals surface area contributed by atoms with Gasteiger partial charge < -0.3 is 4.74 Å². The third-order valence-electron chi connectivity index (χ3n) is 9.49. The van der Waals surface area contributed by atoms with Crippen LogP contribution in [0.4, 0.5) is 14.9 Å². The monoisotopic (exact) mass is 676 g/mol. The van der Waals surface area contributed by atoms with Gasteiger partial charge in [0.25, 0.3) is 11.8 Å². The highest BCUT2D eigenvalue weighted by atomic mass is 127. The number of hydrogen-bond donors (Lipinski definition) is 1. The van der Waals surface area contributed by atoms with Gasteiger partial charge in [-0.3, -0.25) is 14.9 Å². The molecule has 0 aromatic heterocycles. The third-order valence-corrected chi connectivity index (χ3v) is 10.3. The topological polar surface area (TPSA) is 75.7 Å². The quantitative estimate of drug-likeness (QED) is 0.171. The van der Waals surface area contributed by atoms with Gasteiger partial charge in [-0.25, -0.2) is 14.1 Å². The van der Waals surface area contributed by atoms with Gasteiger partial charge >= 0.3 is 6.03 Å². The fourth-order valence-corrected chi connectivity index (χ4v) is 8.68. The number of nitrogens with zero attached hydrogens (tertiary/aromatic N) is 1. The second-order valence-corrected chi connectivity index (χ2v) is 13.4. The van der Waals surface area contributed by atoms with E-state index in [2.05, 4.69) is 40.0 Å². The first-order chi connectivity index (χ1) is 20.3. The summed E-state index contributed by atoms with van der Waals surface area (Å²) < 4.78 is 20.5. The fourth-order valence-electron chi connectivity index (χ4n) is 7.98. The Balaban J connectivity index is 1.10. The van der Waals surface area contributed by atoms with Crippen molar-refractivity contribution in [1.29, 1.82) is 0 Å². The van der Waals surface area contributed by atoms with Crippen LogP contribution in [0.15, 0.2) is 72.3 Å². The normalized spacial score (nSPS) is 27.5. The van der Waals surface area contributed by atoms with Crippen LogP contribution in [0.25, 0.3) is 6.08 Å². The van der Waals surface area contributed by atoms with Crippen molar-refractivity contribution in [2.45, 2.75) is 50.5 Å². The summed E-state index contributed by atoms with van der Waals surface area (Å²) in [5.74, 6) is 1.27. The highest BCUT2D eigenvalue weighted by molar-refractivity contribution is 14.1. The van der Waals surface area contributed by atoms with Crippen LogP contribution in [0.5, 0.6) is 5.75 Å². The summed E-state index contributed by atoms with van der Waals surface area (Å²) in [7, 11) is 0. The molecule has 42 heavy (non-hydrogen) atoms. The number of barbiturate groups is 1. The molecule has 5 fully saturated rings. The van der Waals surface area contributed by atoms with Gasteiger partial charge in [0.15, 0.2) is 0 Å². The molecule has 6 nitrogen and oxygen atoms in total. The van der Waals surface area contributed by atoms with Gasteiger partial charge in [0, 0.05) is 5.56 Å². The van der Waals surface area contributed by atoms with Gasteiger partial charge in [-0.2, -0.15) is 0 Å². The summed E-state index contributed by atoms with van der Waals surface area (Å²) >= 11 is 2.10. The number of nitrogens with one attached hydrogen (secondary N) is 1. The lowest BCUT2D eigenvalue weighted by Crippen LogP contribution is -2.54. The summed E-state index contributed by atoms with van der Waals surface area (Å²) in [5.41, 5.74) is 2.87. The van der Waals surface area contributed by atoms with Crippen molar-refractivity contribution < 1.29 is 23.5 Å². The van der Waals surface area contributed by atoms with Crippen LogP contribution in [-0.4, -0.2) is 17.8 Å². The second kappa shape index (κ2) is 10.6. The molecule has 214 valence electrons. The Morgan fingerprint density at radius 1 is 0.929 bits per heavy atom. The molecule has 5 aliphatic rings. The van der Waals surface area contributed by atoms with Gasteiger partial charge in [0.05, 0.1) is 9.26 Å². The number of hydrogen-bond acceptors (Lipinski definition) is 4. The summed E-state index contributed by atoms with van der Waals surface area (Å²) in [6.07, 6.45) is 9.27. The van der Waals surface area contributed by atoms with E-state index in [1.54, 1.807) is 36.4 Å². The Hall–Kier alpha value is -3.53.